The van der Waals surface area contributed by atoms with Gasteiger partial charge in [0, 0.05) is 51.4 Å². The van der Waals surface area contributed by atoms with Crippen molar-refractivity contribution in [3.05, 3.63) is 0 Å². The second kappa shape index (κ2) is 10.1. The Morgan fingerprint density at radius 3 is 2.48 bits per heavy atom. The molecule has 1 unspecified atom stereocenters. The standard InChI is InChI=1S/C16H30F3N5.HI/c1-12(2)24(14-4-5-14)9-7-21-15(20-3)22-13-6-8-23(10-13)11-16(17,18)19;/h12-14H,4-11H2,1-3H3,(H2,20,21,22);1H. The number of alkyl halides is 3. The molecule has 1 saturated heterocycles. The number of nitrogens with zero attached hydrogens (tertiary/aromatic N) is 3. The Morgan fingerprint density at radius 1 is 1.28 bits per heavy atom. The fraction of sp³-hybridized carbons (Fsp3) is 0.938. The number of nitrogens with one attached hydrogen (secondary N) is 2. The van der Waals surface area contributed by atoms with Crippen molar-refractivity contribution in [1.29, 1.82) is 0 Å². The molecule has 0 aromatic heterocycles. The minimum absolute atomic E-state index is 0. The van der Waals surface area contributed by atoms with Gasteiger partial charge in [-0.05, 0) is 33.1 Å². The molecule has 1 atom stereocenters. The quantitative estimate of drug-likeness (QED) is 0.336. The van der Waals surface area contributed by atoms with Crippen LogP contribution in [0.1, 0.15) is 33.1 Å². The molecule has 0 amide bonds. The van der Waals surface area contributed by atoms with Gasteiger partial charge in [-0.3, -0.25) is 14.8 Å². The van der Waals surface area contributed by atoms with E-state index in [0.717, 1.165) is 13.1 Å². The Hall–Kier alpha value is -0.290. The van der Waals surface area contributed by atoms with Crippen LogP contribution in [0.25, 0.3) is 0 Å². The number of hydrogen-bond donors (Lipinski definition) is 2. The first-order chi connectivity index (χ1) is 11.3. The van der Waals surface area contributed by atoms with Crippen LogP contribution in [0.2, 0.25) is 0 Å². The highest BCUT2D eigenvalue weighted by Gasteiger charge is 2.34. The summed E-state index contributed by atoms with van der Waals surface area (Å²) in [6.45, 7) is 6.19. The zero-order valence-corrected chi connectivity index (χ0v) is 17.6. The van der Waals surface area contributed by atoms with Crippen LogP contribution in [-0.4, -0.2) is 79.8 Å². The lowest BCUT2D eigenvalue weighted by atomic mass is 10.3. The van der Waals surface area contributed by atoms with Crippen LogP contribution in [-0.2, 0) is 0 Å². The molecule has 2 fully saturated rings. The van der Waals surface area contributed by atoms with E-state index in [1.165, 1.54) is 17.7 Å². The molecule has 0 bridgehead atoms. The van der Waals surface area contributed by atoms with Crippen molar-refractivity contribution in [2.24, 2.45) is 4.99 Å². The molecule has 0 aromatic rings. The molecule has 2 aliphatic rings. The van der Waals surface area contributed by atoms with E-state index in [1.54, 1.807) is 7.05 Å². The van der Waals surface area contributed by atoms with Crippen LogP contribution in [0.5, 0.6) is 0 Å². The Labute approximate surface area is 165 Å². The van der Waals surface area contributed by atoms with Crippen molar-refractivity contribution >= 4 is 29.9 Å². The van der Waals surface area contributed by atoms with E-state index in [4.69, 9.17) is 0 Å². The van der Waals surface area contributed by atoms with E-state index in [9.17, 15) is 13.2 Å². The van der Waals surface area contributed by atoms with Crippen molar-refractivity contribution in [3.8, 4) is 0 Å². The maximum atomic E-state index is 12.4. The van der Waals surface area contributed by atoms with E-state index in [1.807, 2.05) is 0 Å². The molecule has 5 nitrogen and oxygen atoms in total. The minimum atomic E-state index is -4.13. The molecule has 25 heavy (non-hydrogen) atoms. The lowest BCUT2D eigenvalue weighted by molar-refractivity contribution is -0.143. The van der Waals surface area contributed by atoms with Crippen molar-refractivity contribution < 1.29 is 13.2 Å². The fourth-order valence-corrected chi connectivity index (χ4v) is 3.31. The second-order valence-corrected chi connectivity index (χ2v) is 7.04. The summed E-state index contributed by atoms with van der Waals surface area (Å²) in [6.07, 6.45) is -0.862. The van der Waals surface area contributed by atoms with E-state index >= 15 is 0 Å². The zero-order valence-electron chi connectivity index (χ0n) is 15.3. The maximum absolute atomic E-state index is 12.4. The van der Waals surface area contributed by atoms with Gasteiger partial charge in [-0.1, -0.05) is 0 Å². The van der Waals surface area contributed by atoms with Gasteiger partial charge in [0.15, 0.2) is 5.96 Å². The summed E-state index contributed by atoms with van der Waals surface area (Å²) in [6, 6.07) is 1.26. The predicted molar refractivity (Wildman–Crippen MR) is 106 cm³/mol. The Bertz CT molecular complexity index is 424. The lowest BCUT2D eigenvalue weighted by Crippen LogP contribution is -2.47. The van der Waals surface area contributed by atoms with Crippen LogP contribution in [0, 0.1) is 0 Å². The molecule has 9 heteroatoms. The summed E-state index contributed by atoms with van der Waals surface area (Å²) in [5.74, 6) is 0.674. The van der Waals surface area contributed by atoms with Crippen molar-refractivity contribution in [2.75, 3.05) is 39.8 Å². The van der Waals surface area contributed by atoms with Gasteiger partial charge in [-0.15, -0.1) is 24.0 Å². The molecule has 2 rings (SSSR count). The molecule has 0 radical (unpaired) electrons. The lowest BCUT2D eigenvalue weighted by Gasteiger charge is -2.27. The molecule has 1 aliphatic heterocycles. The highest BCUT2D eigenvalue weighted by atomic mass is 127. The van der Waals surface area contributed by atoms with Crippen LogP contribution in [0.4, 0.5) is 13.2 Å². The number of rotatable bonds is 7. The summed E-state index contributed by atoms with van der Waals surface area (Å²) in [7, 11) is 1.69. The third kappa shape index (κ3) is 8.29. The monoisotopic (exact) mass is 477 g/mol. The van der Waals surface area contributed by atoms with Gasteiger partial charge in [0.1, 0.15) is 0 Å². The third-order valence-corrected chi connectivity index (χ3v) is 4.58. The van der Waals surface area contributed by atoms with Crippen molar-refractivity contribution in [2.45, 2.75) is 57.4 Å². The van der Waals surface area contributed by atoms with E-state index in [-0.39, 0.29) is 30.0 Å². The highest BCUT2D eigenvalue weighted by Crippen LogP contribution is 2.27. The second-order valence-electron chi connectivity index (χ2n) is 7.04. The van der Waals surface area contributed by atoms with Gasteiger partial charge in [-0.25, -0.2) is 0 Å². The number of aliphatic imine (C=N–C) groups is 1. The van der Waals surface area contributed by atoms with Gasteiger partial charge in [-0.2, -0.15) is 13.2 Å². The number of halogens is 4. The summed E-state index contributed by atoms with van der Waals surface area (Å²) in [4.78, 5) is 8.12. The van der Waals surface area contributed by atoms with Crippen LogP contribution in [0.15, 0.2) is 4.99 Å². The Kier molecular flexibility index (Phi) is 9.24. The van der Waals surface area contributed by atoms with Crippen LogP contribution >= 0.6 is 24.0 Å². The van der Waals surface area contributed by atoms with Crippen LogP contribution in [0.3, 0.4) is 0 Å². The fourth-order valence-electron chi connectivity index (χ4n) is 3.31. The van der Waals surface area contributed by atoms with Gasteiger partial charge >= 0.3 is 6.18 Å². The maximum Gasteiger partial charge on any atom is 0.401 e. The smallest absolute Gasteiger partial charge is 0.355 e. The van der Waals surface area contributed by atoms with Gasteiger partial charge < -0.3 is 10.6 Å². The molecular weight excluding hydrogens is 446 g/mol. The van der Waals surface area contributed by atoms with Gasteiger partial charge in [0.25, 0.3) is 0 Å². The molecule has 1 saturated carbocycles. The number of likely N-dealkylation sites (tertiary alicyclic amines) is 1. The number of hydrogen-bond acceptors (Lipinski definition) is 3. The summed E-state index contributed by atoms with van der Waals surface area (Å²) < 4.78 is 37.3. The van der Waals surface area contributed by atoms with Crippen LogP contribution < -0.4 is 10.6 Å². The van der Waals surface area contributed by atoms with E-state index in [2.05, 4.69) is 34.4 Å². The zero-order chi connectivity index (χ0) is 17.7. The first-order valence-electron chi connectivity index (χ1n) is 8.80. The normalized spacial score (nSPS) is 22.4. The molecule has 0 aromatic carbocycles. The molecule has 1 aliphatic carbocycles. The minimum Gasteiger partial charge on any atom is -0.355 e. The largest absolute Gasteiger partial charge is 0.401 e. The topological polar surface area (TPSA) is 42.9 Å². The Balaban J connectivity index is 0.00000312. The highest BCUT2D eigenvalue weighted by molar-refractivity contribution is 14.0. The average Bonchev–Trinajstić information content (AvgIpc) is 3.22. The van der Waals surface area contributed by atoms with Gasteiger partial charge in [0.05, 0.1) is 6.54 Å². The Morgan fingerprint density at radius 2 is 1.96 bits per heavy atom. The predicted octanol–water partition coefficient (Wildman–Crippen LogP) is 2.28. The number of guanidine groups is 1. The van der Waals surface area contributed by atoms with E-state index < -0.39 is 12.7 Å². The molecule has 2 N–H and O–H groups in total. The first kappa shape index (κ1) is 22.8. The molecule has 148 valence electrons. The molecular formula is C16H31F3IN5. The van der Waals surface area contributed by atoms with Crippen molar-refractivity contribution in [1.82, 2.24) is 20.4 Å². The SMILES string of the molecule is CN=C(NCCN(C(C)C)C1CC1)NC1CCN(CC(F)(F)F)C1.I. The summed E-state index contributed by atoms with van der Waals surface area (Å²) in [5.41, 5.74) is 0. The van der Waals surface area contributed by atoms with E-state index in [0.29, 0.717) is 37.6 Å². The first-order valence-corrected chi connectivity index (χ1v) is 8.80. The van der Waals surface area contributed by atoms with Gasteiger partial charge in [0.2, 0.25) is 0 Å². The molecule has 1 heterocycles. The van der Waals surface area contributed by atoms with Crippen molar-refractivity contribution in [3.63, 3.8) is 0 Å². The summed E-state index contributed by atoms with van der Waals surface area (Å²) in [5, 5.41) is 6.52. The molecule has 0 spiro atoms. The average molecular weight is 477 g/mol. The summed E-state index contributed by atoms with van der Waals surface area (Å²) >= 11 is 0. The third-order valence-electron chi connectivity index (χ3n) is 4.58.